The molecule has 0 aliphatic rings. The molecule has 0 atom stereocenters. The Labute approximate surface area is 172 Å². The fourth-order valence-electron chi connectivity index (χ4n) is 2.88. The molecule has 0 bridgehead atoms. The molecular weight excluding hydrogens is 382 g/mol. The summed E-state index contributed by atoms with van der Waals surface area (Å²) in [5, 5.41) is 16.5. The largest absolute Gasteiger partial charge is 0.302 e. The van der Waals surface area contributed by atoms with E-state index in [0.717, 1.165) is 21.7 Å². The molecule has 1 amide bonds. The number of hydrogen-bond acceptors (Lipinski definition) is 5. The highest BCUT2D eigenvalue weighted by Gasteiger charge is 2.09. The van der Waals surface area contributed by atoms with E-state index in [1.807, 2.05) is 48.7 Å². The number of benzene rings is 2. The Morgan fingerprint density at radius 2 is 1.86 bits per heavy atom. The number of amides is 1. The molecule has 4 rings (SSSR count). The number of anilines is 1. The molecule has 0 aliphatic heterocycles. The molecule has 2 aromatic heterocycles. The molecule has 0 fully saturated rings. The van der Waals surface area contributed by atoms with Crippen molar-refractivity contribution in [2.24, 2.45) is 0 Å². The lowest BCUT2D eigenvalue weighted by atomic mass is 10.1. The van der Waals surface area contributed by atoms with Crippen molar-refractivity contribution in [1.82, 2.24) is 14.8 Å². The Morgan fingerprint density at radius 1 is 1.10 bits per heavy atom. The average molecular weight is 399 g/mol. The molecule has 0 unspecified atom stereocenters. The standard InChI is InChI=1S/C22H17N5OS/c23-14-18-4-2-16(3-5-18)12-20-15-24-22(29-20)26-21(28)13-17-6-8-19(9-7-17)27-11-1-10-25-27/h1-11,15H,12-13H2,(H,24,26,28). The second-order valence-corrected chi connectivity index (χ2v) is 7.57. The van der Waals surface area contributed by atoms with Gasteiger partial charge in [0, 0.05) is 29.9 Å². The minimum absolute atomic E-state index is 0.101. The van der Waals surface area contributed by atoms with Crippen molar-refractivity contribution in [3.63, 3.8) is 0 Å². The Kier molecular flexibility index (Phi) is 5.45. The zero-order chi connectivity index (χ0) is 20.1. The van der Waals surface area contributed by atoms with Crippen LogP contribution < -0.4 is 5.32 Å². The van der Waals surface area contributed by atoms with Gasteiger partial charge in [-0.3, -0.25) is 4.79 Å². The molecule has 6 nitrogen and oxygen atoms in total. The first-order chi connectivity index (χ1) is 14.2. The lowest BCUT2D eigenvalue weighted by Gasteiger charge is -2.04. The zero-order valence-electron chi connectivity index (χ0n) is 15.4. The first-order valence-electron chi connectivity index (χ1n) is 9.02. The molecule has 29 heavy (non-hydrogen) atoms. The lowest BCUT2D eigenvalue weighted by molar-refractivity contribution is -0.115. The van der Waals surface area contributed by atoms with Crippen LogP contribution in [-0.2, 0) is 17.6 Å². The smallest absolute Gasteiger partial charge is 0.230 e. The number of nitriles is 1. The molecule has 0 saturated carbocycles. The summed E-state index contributed by atoms with van der Waals surface area (Å²) in [6.07, 6.45) is 6.38. The topological polar surface area (TPSA) is 83.6 Å². The van der Waals surface area contributed by atoms with Crippen LogP contribution in [0.4, 0.5) is 5.13 Å². The van der Waals surface area contributed by atoms with Crippen LogP contribution in [-0.4, -0.2) is 20.7 Å². The Balaban J connectivity index is 1.33. The third-order valence-electron chi connectivity index (χ3n) is 4.33. The molecule has 0 spiro atoms. The van der Waals surface area contributed by atoms with Crippen LogP contribution in [0, 0.1) is 11.3 Å². The maximum absolute atomic E-state index is 12.3. The van der Waals surface area contributed by atoms with Gasteiger partial charge in [-0.25, -0.2) is 9.67 Å². The number of carbonyl (C=O) groups is 1. The van der Waals surface area contributed by atoms with Crippen LogP contribution in [0.2, 0.25) is 0 Å². The number of thiazole rings is 1. The highest BCUT2D eigenvalue weighted by molar-refractivity contribution is 7.15. The summed E-state index contributed by atoms with van der Waals surface area (Å²) in [5.41, 5.74) is 3.62. The van der Waals surface area contributed by atoms with Gasteiger partial charge in [0.1, 0.15) is 0 Å². The highest BCUT2D eigenvalue weighted by atomic mass is 32.1. The fraction of sp³-hybridized carbons (Fsp3) is 0.0909. The summed E-state index contributed by atoms with van der Waals surface area (Å²) in [4.78, 5) is 17.7. The van der Waals surface area contributed by atoms with E-state index >= 15 is 0 Å². The Morgan fingerprint density at radius 3 is 2.55 bits per heavy atom. The minimum Gasteiger partial charge on any atom is -0.302 e. The van der Waals surface area contributed by atoms with Gasteiger partial charge >= 0.3 is 0 Å². The molecule has 142 valence electrons. The summed E-state index contributed by atoms with van der Waals surface area (Å²) in [5.74, 6) is -0.101. The number of nitrogens with one attached hydrogen (secondary N) is 1. The molecule has 0 saturated heterocycles. The van der Waals surface area contributed by atoms with E-state index in [4.69, 9.17) is 5.26 Å². The summed E-state index contributed by atoms with van der Waals surface area (Å²) < 4.78 is 1.77. The van der Waals surface area contributed by atoms with E-state index in [1.165, 1.54) is 11.3 Å². The first kappa shape index (κ1) is 18.6. The molecule has 1 N–H and O–H groups in total. The summed E-state index contributed by atoms with van der Waals surface area (Å²) in [6.45, 7) is 0. The summed E-state index contributed by atoms with van der Waals surface area (Å²) >= 11 is 1.46. The number of hydrogen-bond donors (Lipinski definition) is 1. The van der Waals surface area contributed by atoms with Crippen LogP contribution in [0.5, 0.6) is 0 Å². The maximum Gasteiger partial charge on any atom is 0.230 e. The van der Waals surface area contributed by atoms with E-state index < -0.39 is 0 Å². The van der Waals surface area contributed by atoms with E-state index in [2.05, 4.69) is 21.5 Å². The van der Waals surface area contributed by atoms with Gasteiger partial charge in [0.25, 0.3) is 0 Å². The normalized spacial score (nSPS) is 10.4. The Bertz CT molecular complexity index is 1140. The van der Waals surface area contributed by atoms with Gasteiger partial charge in [0.2, 0.25) is 5.91 Å². The fourth-order valence-corrected chi connectivity index (χ4v) is 3.75. The minimum atomic E-state index is -0.101. The van der Waals surface area contributed by atoms with Crippen molar-refractivity contribution in [2.45, 2.75) is 12.8 Å². The summed E-state index contributed by atoms with van der Waals surface area (Å²) in [6, 6.07) is 19.2. The van der Waals surface area contributed by atoms with Gasteiger partial charge in [-0.1, -0.05) is 24.3 Å². The number of nitrogens with zero attached hydrogens (tertiary/aromatic N) is 4. The van der Waals surface area contributed by atoms with Gasteiger partial charge in [-0.15, -0.1) is 11.3 Å². The monoisotopic (exact) mass is 399 g/mol. The molecule has 0 aliphatic carbocycles. The second kappa shape index (κ2) is 8.50. The average Bonchev–Trinajstić information content (AvgIpc) is 3.42. The third-order valence-corrected chi connectivity index (χ3v) is 5.24. The van der Waals surface area contributed by atoms with Crippen LogP contribution in [0.15, 0.2) is 73.2 Å². The van der Waals surface area contributed by atoms with E-state index in [0.29, 0.717) is 17.1 Å². The van der Waals surface area contributed by atoms with E-state index in [9.17, 15) is 4.79 Å². The highest BCUT2D eigenvalue weighted by Crippen LogP contribution is 2.21. The predicted molar refractivity (Wildman–Crippen MR) is 112 cm³/mol. The Hall–Kier alpha value is -3.76. The third kappa shape index (κ3) is 4.75. The summed E-state index contributed by atoms with van der Waals surface area (Å²) in [7, 11) is 0. The van der Waals surface area contributed by atoms with E-state index in [1.54, 1.807) is 29.2 Å². The van der Waals surface area contributed by atoms with Gasteiger partial charge in [-0.2, -0.15) is 10.4 Å². The molecule has 7 heteroatoms. The van der Waals surface area contributed by atoms with Crippen molar-refractivity contribution in [3.05, 3.63) is 94.8 Å². The van der Waals surface area contributed by atoms with Gasteiger partial charge < -0.3 is 5.32 Å². The number of carbonyl (C=O) groups excluding carboxylic acids is 1. The van der Waals surface area contributed by atoms with Crippen LogP contribution in [0.25, 0.3) is 5.69 Å². The molecule has 4 aromatic rings. The van der Waals surface area contributed by atoms with Crippen molar-refractivity contribution in [2.75, 3.05) is 5.32 Å². The van der Waals surface area contributed by atoms with Crippen molar-refractivity contribution in [1.29, 1.82) is 5.26 Å². The second-order valence-electron chi connectivity index (χ2n) is 6.46. The first-order valence-corrected chi connectivity index (χ1v) is 9.84. The zero-order valence-corrected chi connectivity index (χ0v) is 16.3. The maximum atomic E-state index is 12.3. The van der Waals surface area contributed by atoms with Crippen molar-refractivity contribution in [3.8, 4) is 11.8 Å². The molecule has 0 radical (unpaired) electrons. The van der Waals surface area contributed by atoms with Crippen LogP contribution in [0.1, 0.15) is 21.6 Å². The molecular formula is C22H17N5OS. The quantitative estimate of drug-likeness (QED) is 0.532. The predicted octanol–water partition coefficient (Wildman–Crippen LogP) is 3.97. The molecule has 2 aromatic carbocycles. The number of rotatable bonds is 6. The van der Waals surface area contributed by atoms with Crippen molar-refractivity contribution < 1.29 is 4.79 Å². The van der Waals surface area contributed by atoms with Crippen LogP contribution in [0.3, 0.4) is 0 Å². The SMILES string of the molecule is N#Cc1ccc(Cc2cnc(NC(=O)Cc3ccc(-n4cccn4)cc3)s2)cc1. The van der Waals surface area contributed by atoms with Crippen LogP contribution >= 0.6 is 11.3 Å². The van der Waals surface area contributed by atoms with Gasteiger partial charge in [0.15, 0.2) is 5.13 Å². The lowest BCUT2D eigenvalue weighted by Crippen LogP contribution is -2.14. The molecule has 2 heterocycles. The number of aromatic nitrogens is 3. The van der Waals surface area contributed by atoms with Gasteiger partial charge in [-0.05, 0) is 41.5 Å². The van der Waals surface area contributed by atoms with Crippen molar-refractivity contribution >= 4 is 22.4 Å². The van der Waals surface area contributed by atoms with Gasteiger partial charge in [0.05, 0.1) is 23.7 Å². The van der Waals surface area contributed by atoms with E-state index in [-0.39, 0.29) is 12.3 Å².